The Balaban J connectivity index is 0.00000288. The van der Waals surface area contributed by atoms with Gasteiger partial charge in [0.15, 0.2) is 0 Å². The van der Waals surface area contributed by atoms with Crippen molar-refractivity contribution in [2.45, 2.75) is 51.0 Å². The predicted molar refractivity (Wildman–Crippen MR) is 101 cm³/mol. The van der Waals surface area contributed by atoms with Gasteiger partial charge in [-0.25, -0.2) is 0 Å². The van der Waals surface area contributed by atoms with Gasteiger partial charge in [0.25, 0.3) is 0 Å². The maximum Gasteiger partial charge on any atom is 0.222 e. The third-order valence-corrected chi connectivity index (χ3v) is 4.77. The number of piperidine rings is 1. The van der Waals surface area contributed by atoms with Gasteiger partial charge in [-0.3, -0.25) is 4.79 Å². The van der Waals surface area contributed by atoms with E-state index in [4.69, 9.17) is 4.74 Å². The summed E-state index contributed by atoms with van der Waals surface area (Å²) >= 11 is 0. The molecule has 4 nitrogen and oxygen atoms in total. The molecule has 1 aliphatic rings. The van der Waals surface area contributed by atoms with Crippen molar-refractivity contribution in [1.82, 2.24) is 10.2 Å². The maximum atomic E-state index is 12.2. The van der Waals surface area contributed by atoms with Gasteiger partial charge in [0, 0.05) is 25.6 Å². The number of ether oxygens (including phenoxy) is 1. The summed E-state index contributed by atoms with van der Waals surface area (Å²) in [6.45, 7) is 1.83. The lowest BCUT2D eigenvalue weighted by atomic mass is 10.0. The molecule has 1 N–H and O–H groups in total. The first kappa shape index (κ1) is 20.8. The molecule has 1 fully saturated rings. The van der Waals surface area contributed by atoms with Crippen LogP contribution in [0.1, 0.15) is 44.1 Å². The molecule has 1 aliphatic heterocycles. The Hall–Kier alpha value is -1.26. The van der Waals surface area contributed by atoms with Gasteiger partial charge < -0.3 is 15.0 Å². The van der Waals surface area contributed by atoms with E-state index in [2.05, 4.69) is 17.4 Å². The summed E-state index contributed by atoms with van der Waals surface area (Å²) in [6, 6.07) is 8.84. The summed E-state index contributed by atoms with van der Waals surface area (Å²) in [5.74, 6) is 1.24. The monoisotopic (exact) mass is 354 g/mol. The van der Waals surface area contributed by atoms with E-state index in [9.17, 15) is 4.79 Å². The normalized spacial score (nSPS) is 15.0. The van der Waals surface area contributed by atoms with Crippen LogP contribution in [-0.2, 0) is 11.2 Å². The lowest BCUT2D eigenvalue weighted by Gasteiger charge is -2.31. The van der Waals surface area contributed by atoms with Crippen molar-refractivity contribution in [2.75, 3.05) is 27.2 Å². The molecular weight excluding hydrogens is 324 g/mol. The third-order valence-electron chi connectivity index (χ3n) is 4.77. The summed E-state index contributed by atoms with van der Waals surface area (Å²) in [6.07, 6.45) is 7.20. The summed E-state index contributed by atoms with van der Waals surface area (Å²) in [4.78, 5) is 14.2. The highest BCUT2D eigenvalue weighted by Crippen LogP contribution is 2.15. The van der Waals surface area contributed by atoms with Crippen molar-refractivity contribution in [2.24, 2.45) is 0 Å². The highest BCUT2D eigenvalue weighted by Gasteiger charge is 2.20. The number of rotatable bonds is 8. The quantitative estimate of drug-likeness (QED) is 0.727. The van der Waals surface area contributed by atoms with Crippen molar-refractivity contribution in [3.05, 3.63) is 29.8 Å². The van der Waals surface area contributed by atoms with Gasteiger partial charge in [0.2, 0.25) is 5.91 Å². The Morgan fingerprint density at radius 2 is 1.83 bits per heavy atom. The van der Waals surface area contributed by atoms with Crippen LogP contribution in [0.5, 0.6) is 5.75 Å². The number of unbranched alkanes of at least 4 members (excludes halogenated alkanes) is 2. The van der Waals surface area contributed by atoms with E-state index in [0.29, 0.717) is 18.4 Å². The molecule has 0 bridgehead atoms. The second-order valence-electron chi connectivity index (χ2n) is 6.35. The van der Waals surface area contributed by atoms with Gasteiger partial charge in [-0.05, 0) is 56.8 Å². The van der Waals surface area contributed by atoms with Crippen LogP contribution in [0.2, 0.25) is 0 Å². The lowest BCUT2D eigenvalue weighted by molar-refractivity contribution is -0.132. The Morgan fingerprint density at radius 3 is 2.42 bits per heavy atom. The maximum absolute atomic E-state index is 12.2. The van der Waals surface area contributed by atoms with Crippen LogP contribution >= 0.6 is 12.4 Å². The van der Waals surface area contributed by atoms with Crippen molar-refractivity contribution < 1.29 is 9.53 Å². The molecule has 0 spiro atoms. The van der Waals surface area contributed by atoms with Gasteiger partial charge >= 0.3 is 0 Å². The molecule has 0 radical (unpaired) electrons. The van der Waals surface area contributed by atoms with E-state index in [1.165, 1.54) is 5.56 Å². The average molecular weight is 355 g/mol. The van der Waals surface area contributed by atoms with Crippen LogP contribution < -0.4 is 10.1 Å². The number of likely N-dealkylation sites (tertiary alicyclic amines) is 1. The standard InChI is InChI=1S/C19H30N2O2.ClH/c1-20-17-12-14-21(15-13-17)19(22)7-5-3-4-6-16-8-10-18(23-2)11-9-16;/h8-11,17,20H,3-7,12-15H2,1-2H3;1H. The summed E-state index contributed by atoms with van der Waals surface area (Å²) in [7, 11) is 3.69. The SMILES string of the molecule is CNC1CCN(C(=O)CCCCCc2ccc(OC)cc2)CC1.Cl. The minimum atomic E-state index is 0. The molecule has 1 amide bonds. The fourth-order valence-electron chi connectivity index (χ4n) is 3.15. The topological polar surface area (TPSA) is 41.6 Å². The number of halogens is 1. The van der Waals surface area contributed by atoms with E-state index < -0.39 is 0 Å². The minimum absolute atomic E-state index is 0. The first-order valence-corrected chi connectivity index (χ1v) is 8.81. The molecule has 5 heteroatoms. The van der Waals surface area contributed by atoms with Crippen LogP contribution in [0.15, 0.2) is 24.3 Å². The van der Waals surface area contributed by atoms with E-state index >= 15 is 0 Å². The molecule has 1 saturated heterocycles. The zero-order chi connectivity index (χ0) is 16.5. The largest absolute Gasteiger partial charge is 0.497 e. The number of carbonyl (C=O) groups excluding carboxylic acids is 1. The number of hydrogen-bond donors (Lipinski definition) is 1. The molecule has 0 saturated carbocycles. The number of hydrogen-bond acceptors (Lipinski definition) is 3. The van der Waals surface area contributed by atoms with Crippen molar-refractivity contribution in [3.63, 3.8) is 0 Å². The van der Waals surface area contributed by atoms with Gasteiger partial charge in [-0.1, -0.05) is 18.6 Å². The molecule has 1 aromatic carbocycles. The minimum Gasteiger partial charge on any atom is -0.497 e. The smallest absolute Gasteiger partial charge is 0.222 e. The summed E-state index contributed by atoms with van der Waals surface area (Å²) < 4.78 is 5.16. The molecule has 136 valence electrons. The number of benzene rings is 1. The number of nitrogens with one attached hydrogen (secondary N) is 1. The third kappa shape index (κ3) is 6.70. The fourth-order valence-corrected chi connectivity index (χ4v) is 3.15. The molecule has 2 rings (SSSR count). The molecule has 1 aromatic rings. The molecule has 24 heavy (non-hydrogen) atoms. The fraction of sp³-hybridized carbons (Fsp3) is 0.632. The second-order valence-corrected chi connectivity index (χ2v) is 6.35. The lowest BCUT2D eigenvalue weighted by Crippen LogP contribution is -2.43. The first-order valence-electron chi connectivity index (χ1n) is 8.81. The Kier molecular flexibility index (Phi) is 9.80. The van der Waals surface area contributed by atoms with Gasteiger partial charge in [-0.15, -0.1) is 12.4 Å². The van der Waals surface area contributed by atoms with Gasteiger partial charge in [0.05, 0.1) is 7.11 Å². The van der Waals surface area contributed by atoms with Crippen LogP contribution in [-0.4, -0.2) is 44.1 Å². The molecule has 1 heterocycles. The molecule has 0 aliphatic carbocycles. The van der Waals surface area contributed by atoms with Gasteiger partial charge in [0.1, 0.15) is 5.75 Å². The highest BCUT2D eigenvalue weighted by molar-refractivity contribution is 5.85. The Morgan fingerprint density at radius 1 is 1.17 bits per heavy atom. The number of amides is 1. The zero-order valence-electron chi connectivity index (χ0n) is 14.9. The van der Waals surface area contributed by atoms with E-state index in [-0.39, 0.29) is 12.4 Å². The summed E-state index contributed by atoms with van der Waals surface area (Å²) in [5.41, 5.74) is 1.34. The van der Waals surface area contributed by atoms with Crippen LogP contribution in [0, 0.1) is 0 Å². The van der Waals surface area contributed by atoms with Crippen LogP contribution in [0.25, 0.3) is 0 Å². The molecule has 0 unspecified atom stereocenters. The second kappa shape index (κ2) is 11.3. The van der Waals surface area contributed by atoms with Crippen molar-refractivity contribution in [1.29, 1.82) is 0 Å². The Labute approximate surface area is 152 Å². The van der Waals surface area contributed by atoms with E-state index in [1.807, 2.05) is 24.1 Å². The number of aryl methyl sites for hydroxylation is 1. The van der Waals surface area contributed by atoms with E-state index in [1.54, 1.807) is 7.11 Å². The first-order chi connectivity index (χ1) is 11.2. The van der Waals surface area contributed by atoms with E-state index in [0.717, 1.165) is 57.4 Å². The molecule has 0 aromatic heterocycles. The van der Waals surface area contributed by atoms with Crippen LogP contribution in [0.3, 0.4) is 0 Å². The predicted octanol–water partition coefficient (Wildman–Crippen LogP) is 3.43. The zero-order valence-corrected chi connectivity index (χ0v) is 15.7. The number of methoxy groups -OCH3 is 1. The van der Waals surface area contributed by atoms with Crippen molar-refractivity contribution in [3.8, 4) is 5.75 Å². The summed E-state index contributed by atoms with van der Waals surface area (Å²) in [5, 5.41) is 3.30. The number of nitrogens with zero attached hydrogens (tertiary/aromatic N) is 1. The van der Waals surface area contributed by atoms with Crippen molar-refractivity contribution >= 4 is 18.3 Å². The Bertz CT molecular complexity index is 471. The molecule has 0 atom stereocenters. The van der Waals surface area contributed by atoms with Crippen LogP contribution in [0.4, 0.5) is 0 Å². The average Bonchev–Trinajstić information content (AvgIpc) is 2.62. The molecular formula is C19H31ClN2O2. The van der Waals surface area contributed by atoms with Gasteiger partial charge in [-0.2, -0.15) is 0 Å². The highest BCUT2D eigenvalue weighted by atomic mass is 35.5. The number of carbonyl (C=O) groups is 1.